The van der Waals surface area contributed by atoms with Gasteiger partial charge in [0.25, 0.3) is 0 Å². The fraction of sp³-hybridized carbons (Fsp3) is 0.650. The summed E-state index contributed by atoms with van der Waals surface area (Å²) in [5.41, 5.74) is 1.13. The van der Waals surface area contributed by atoms with E-state index in [1.807, 2.05) is 23.9 Å². The zero-order valence-electron chi connectivity index (χ0n) is 16.8. The van der Waals surface area contributed by atoms with Gasteiger partial charge >= 0.3 is 0 Å². The average molecular weight is 507 g/mol. The van der Waals surface area contributed by atoms with Gasteiger partial charge in [0.15, 0.2) is 5.96 Å². The Bertz CT molecular complexity index is 566. The summed E-state index contributed by atoms with van der Waals surface area (Å²) < 4.78 is 11.6. The van der Waals surface area contributed by atoms with E-state index < -0.39 is 0 Å². The van der Waals surface area contributed by atoms with Crippen molar-refractivity contribution < 1.29 is 9.47 Å². The number of hydrogen-bond acceptors (Lipinski definition) is 4. The first-order valence-corrected chi connectivity index (χ1v) is 10.9. The molecular formula is C20H34IN3O2S. The molecule has 0 aliphatic heterocycles. The topological polar surface area (TPSA) is 54.9 Å². The Balaban J connectivity index is 0.00000364. The van der Waals surface area contributed by atoms with Gasteiger partial charge in [-0.2, -0.15) is 11.8 Å². The summed E-state index contributed by atoms with van der Waals surface area (Å²) in [6, 6.07) is 6.05. The number of nitrogens with one attached hydrogen (secondary N) is 2. The van der Waals surface area contributed by atoms with E-state index in [9.17, 15) is 0 Å². The Morgan fingerprint density at radius 3 is 2.67 bits per heavy atom. The van der Waals surface area contributed by atoms with Gasteiger partial charge in [0, 0.05) is 31.8 Å². The highest BCUT2D eigenvalue weighted by Gasteiger charge is 2.18. The molecule has 1 saturated carbocycles. The van der Waals surface area contributed by atoms with Crippen molar-refractivity contribution in [1.29, 1.82) is 0 Å². The first kappa shape index (κ1) is 24.2. The van der Waals surface area contributed by atoms with Crippen LogP contribution in [0.3, 0.4) is 0 Å². The summed E-state index contributed by atoms with van der Waals surface area (Å²) in [6.45, 7) is 1.62. The number of aliphatic imine (C=N–C) groups is 1. The molecule has 7 heteroatoms. The van der Waals surface area contributed by atoms with Crippen molar-refractivity contribution in [2.75, 3.05) is 32.7 Å². The van der Waals surface area contributed by atoms with Gasteiger partial charge in [0.05, 0.1) is 13.2 Å². The van der Waals surface area contributed by atoms with Crippen molar-refractivity contribution in [2.45, 2.75) is 51.2 Å². The maximum absolute atomic E-state index is 6.26. The zero-order chi connectivity index (χ0) is 18.6. The van der Waals surface area contributed by atoms with E-state index >= 15 is 0 Å². The van der Waals surface area contributed by atoms with Gasteiger partial charge in [0.1, 0.15) is 11.5 Å². The quantitative estimate of drug-likeness (QED) is 0.212. The van der Waals surface area contributed by atoms with Gasteiger partial charge in [-0.15, -0.1) is 24.0 Å². The monoisotopic (exact) mass is 507 g/mol. The SMILES string of the molecule is CN=C(NCCCCSC)NCc1ccc(OC)cc1OC1CCCC1.I. The number of halogens is 1. The van der Waals surface area contributed by atoms with Crippen LogP contribution in [-0.4, -0.2) is 44.8 Å². The Labute approximate surface area is 185 Å². The second-order valence-electron chi connectivity index (χ2n) is 6.55. The molecule has 1 aliphatic carbocycles. The molecule has 2 rings (SSSR count). The van der Waals surface area contributed by atoms with E-state index in [-0.39, 0.29) is 24.0 Å². The summed E-state index contributed by atoms with van der Waals surface area (Å²) in [5, 5.41) is 6.77. The minimum Gasteiger partial charge on any atom is -0.497 e. The van der Waals surface area contributed by atoms with Crippen molar-refractivity contribution in [2.24, 2.45) is 4.99 Å². The molecule has 154 valence electrons. The highest BCUT2D eigenvalue weighted by molar-refractivity contribution is 14.0. The van der Waals surface area contributed by atoms with Crippen LogP contribution in [0, 0.1) is 0 Å². The lowest BCUT2D eigenvalue weighted by molar-refractivity contribution is 0.207. The lowest BCUT2D eigenvalue weighted by Gasteiger charge is -2.19. The molecule has 0 aromatic heterocycles. The molecule has 1 aliphatic rings. The van der Waals surface area contributed by atoms with E-state index in [1.54, 1.807) is 14.2 Å². The summed E-state index contributed by atoms with van der Waals surface area (Å²) in [6.07, 6.45) is 9.66. The van der Waals surface area contributed by atoms with Crippen LogP contribution in [0.15, 0.2) is 23.2 Å². The number of methoxy groups -OCH3 is 1. The fourth-order valence-electron chi connectivity index (χ4n) is 3.08. The first-order chi connectivity index (χ1) is 12.8. The molecule has 0 heterocycles. The van der Waals surface area contributed by atoms with Crippen molar-refractivity contribution >= 4 is 41.7 Å². The molecule has 0 atom stereocenters. The normalized spacial score (nSPS) is 14.6. The molecular weight excluding hydrogens is 473 g/mol. The summed E-state index contributed by atoms with van der Waals surface area (Å²) in [4.78, 5) is 4.31. The molecule has 2 N–H and O–H groups in total. The lowest BCUT2D eigenvalue weighted by atomic mass is 10.2. The zero-order valence-corrected chi connectivity index (χ0v) is 19.9. The molecule has 0 spiro atoms. The van der Waals surface area contributed by atoms with Crippen molar-refractivity contribution in [3.63, 3.8) is 0 Å². The van der Waals surface area contributed by atoms with Crippen LogP contribution in [-0.2, 0) is 6.54 Å². The highest BCUT2D eigenvalue weighted by atomic mass is 127. The standard InChI is InChI=1S/C20H33N3O2S.HI/c1-21-20(22-12-6-7-13-26-3)23-15-16-10-11-18(24-2)14-19(16)25-17-8-4-5-9-17;/h10-11,14,17H,4-9,12-13,15H2,1-3H3,(H2,21,22,23);1H. The maximum Gasteiger partial charge on any atom is 0.191 e. The van der Waals surface area contributed by atoms with Crippen molar-refractivity contribution in [1.82, 2.24) is 10.6 Å². The number of unbranched alkanes of at least 4 members (excludes halogenated alkanes) is 1. The van der Waals surface area contributed by atoms with Crippen LogP contribution in [0.2, 0.25) is 0 Å². The van der Waals surface area contributed by atoms with Crippen LogP contribution >= 0.6 is 35.7 Å². The first-order valence-electron chi connectivity index (χ1n) is 9.54. The molecule has 0 bridgehead atoms. The molecule has 1 aromatic rings. The van der Waals surface area contributed by atoms with Crippen LogP contribution in [0.1, 0.15) is 44.1 Å². The van der Waals surface area contributed by atoms with Gasteiger partial charge in [-0.25, -0.2) is 0 Å². The van der Waals surface area contributed by atoms with Crippen molar-refractivity contribution in [3.05, 3.63) is 23.8 Å². The van der Waals surface area contributed by atoms with Crippen LogP contribution in [0.4, 0.5) is 0 Å². The molecule has 5 nitrogen and oxygen atoms in total. The van der Waals surface area contributed by atoms with Gasteiger partial charge in [0.2, 0.25) is 0 Å². The number of benzene rings is 1. The number of thioether (sulfide) groups is 1. The smallest absolute Gasteiger partial charge is 0.191 e. The Morgan fingerprint density at radius 1 is 1.22 bits per heavy atom. The predicted molar refractivity (Wildman–Crippen MR) is 127 cm³/mol. The van der Waals surface area contributed by atoms with E-state index in [4.69, 9.17) is 9.47 Å². The van der Waals surface area contributed by atoms with Gasteiger partial charge in [-0.3, -0.25) is 4.99 Å². The molecule has 0 amide bonds. The fourth-order valence-corrected chi connectivity index (χ4v) is 3.57. The van der Waals surface area contributed by atoms with E-state index in [0.29, 0.717) is 12.6 Å². The second kappa shape index (κ2) is 14.2. The minimum atomic E-state index is 0. The average Bonchev–Trinajstić information content (AvgIpc) is 3.17. The van der Waals surface area contributed by atoms with Gasteiger partial charge in [-0.05, 0) is 62.7 Å². The Hall–Kier alpha value is -0.830. The number of guanidine groups is 1. The minimum absolute atomic E-state index is 0. The molecule has 0 radical (unpaired) electrons. The largest absolute Gasteiger partial charge is 0.497 e. The number of nitrogens with zero attached hydrogens (tertiary/aromatic N) is 1. The number of hydrogen-bond donors (Lipinski definition) is 2. The van der Waals surface area contributed by atoms with E-state index in [0.717, 1.165) is 48.8 Å². The van der Waals surface area contributed by atoms with Crippen LogP contribution in [0.25, 0.3) is 0 Å². The van der Waals surface area contributed by atoms with Gasteiger partial charge < -0.3 is 20.1 Å². The Morgan fingerprint density at radius 2 is 2.00 bits per heavy atom. The van der Waals surface area contributed by atoms with Crippen LogP contribution in [0.5, 0.6) is 11.5 Å². The molecule has 1 aromatic carbocycles. The number of ether oxygens (including phenoxy) is 2. The second-order valence-corrected chi connectivity index (χ2v) is 7.54. The molecule has 27 heavy (non-hydrogen) atoms. The maximum atomic E-state index is 6.26. The predicted octanol–water partition coefficient (Wildman–Crippen LogP) is 4.44. The van der Waals surface area contributed by atoms with E-state index in [2.05, 4.69) is 27.9 Å². The lowest BCUT2D eigenvalue weighted by Crippen LogP contribution is -2.37. The Kier molecular flexibility index (Phi) is 12.7. The third-order valence-electron chi connectivity index (χ3n) is 4.61. The number of rotatable bonds is 10. The summed E-state index contributed by atoms with van der Waals surface area (Å²) in [7, 11) is 3.50. The molecule has 1 fully saturated rings. The summed E-state index contributed by atoms with van der Waals surface area (Å²) >= 11 is 1.89. The van der Waals surface area contributed by atoms with Crippen LogP contribution < -0.4 is 20.1 Å². The van der Waals surface area contributed by atoms with Crippen molar-refractivity contribution in [3.8, 4) is 11.5 Å². The summed E-state index contributed by atoms with van der Waals surface area (Å²) in [5.74, 6) is 3.79. The third-order valence-corrected chi connectivity index (χ3v) is 5.30. The van der Waals surface area contributed by atoms with Gasteiger partial charge in [-0.1, -0.05) is 0 Å². The van der Waals surface area contributed by atoms with E-state index in [1.165, 1.54) is 25.0 Å². The molecule has 0 unspecified atom stereocenters. The highest BCUT2D eigenvalue weighted by Crippen LogP contribution is 2.29. The third kappa shape index (κ3) is 8.81. The molecule has 0 saturated heterocycles.